The largest absolute Gasteiger partial charge is 0.352 e. The average Bonchev–Trinajstić information content (AvgIpc) is 3.10. The predicted octanol–water partition coefficient (Wildman–Crippen LogP) is 2.85. The molecule has 0 spiro atoms. The summed E-state index contributed by atoms with van der Waals surface area (Å²) in [4.78, 5) is 23.6. The number of carbonyl (C=O) groups is 1. The van der Waals surface area contributed by atoms with Crippen LogP contribution < -0.4 is 5.32 Å². The molecule has 1 saturated heterocycles. The highest BCUT2D eigenvalue weighted by Crippen LogP contribution is 2.32. The first-order chi connectivity index (χ1) is 12.6. The van der Waals surface area contributed by atoms with Gasteiger partial charge in [-0.25, -0.2) is 0 Å². The van der Waals surface area contributed by atoms with Crippen LogP contribution in [-0.4, -0.2) is 40.4 Å². The van der Waals surface area contributed by atoms with Crippen molar-refractivity contribution in [3.63, 3.8) is 0 Å². The van der Waals surface area contributed by atoms with Crippen molar-refractivity contribution in [3.8, 4) is 0 Å². The number of nitrogens with zero attached hydrogens (tertiary/aromatic N) is 3. The van der Waals surface area contributed by atoms with Crippen LogP contribution in [0, 0.1) is 11.8 Å². The van der Waals surface area contributed by atoms with E-state index < -0.39 is 0 Å². The number of pyridine rings is 2. The Balaban J connectivity index is 1.67. The van der Waals surface area contributed by atoms with Gasteiger partial charge in [-0.05, 0) is 48.2 Å². The number of rotatable bonds is 7. The molecular formula is C21H28N4O. The Morgan fingerprint density at radius 3 is 2.69 bits per heavy atom. The van der Waals surface area contributed by atoms with Gasteiger partial charge in [0.05, 0.1) is 5.92 Å². The van der Waals surface area contributed by atoms with E-state index in [1.807, 2.05) is 24.4 Å². The molecular weight excluding hydrogens is 324 g/mol. The van der Waals surface area contributed by atoms with E-state index in [4.69, 9.17) is 0 Å². The summed E-state index contributed by atoms with van der Waals surface area (Å²) in [7, 11) is 0. The number of nitrogens with one attached hydrogen (secondary N) is 1. The molecule has 3 rings (SSSR count). The molecule has 138 valence electrons. The molecule has 2 aromatic heterocycles. The van der Waals surface area contributed by atoms with Gasteiger partial charge in [-0.2, -0.15) is 0 Å². The zero-order valence-corrected chi connectivity index (χ0v) is 15.6. The van der Waals surface area contributed by atoms with Crippen molar-refractivity contribution in [2.45, 2.75) is 32.7 Å². The van der Waals surface area contributed by atoms with Crippen molar-refractivity contribution in [3.05, 3.63) is 60.2 Å². The van der Waals surface area contributed by atoms with Crippen LogP contribution >= 0.6 is 0 Å². The fourth-order valence-corrected chi connectivity index (χ4v) is 3.53. The minimum atomic E-state index is -0.0341. The molecule has 5 heteroatoms. The van der Waals surface area contributed by atoms with Gasteiger partial charge in [-0.3, -0.25) is 14.8 Å². The van der Waals surface area contributed by atoms with Crippen molar-refractivity contribution in [2.24, 2.45) is 11.8 Å². The summed E-state index contributed by atoms with van der Waals surface area (Å²) in [5.41, 5.74) is 2.23. The molecule has 0 radical (unpaired) electrons. The second-order valence-corrected chi connectivity index (χ2v) is 7.51. The Morgan fingerprint density at radius 1 is 1.19 bits per heavy atom. The van der Waals surface area contributed by atoms with Gasteiger partial charge < -0.3 is 10.2 Å². The lowest BCUT2D eigenvalue weighted by atomic mass is 9.89. The van der Waals surface area contributed by atoms with Crippen LogP contribution in [0.3, 0.4) is 0 Å². The third kappa shape index (κ3) is 4.88. The Hall–Kier alpha value is -2.27. The lowest BCUT2D eigenvalue weighted by Crippen LogP contribution is -2.34. The molecule has 5 nitrogen and oxygen atoms in total. The quantitative estimate of drug-likeness (QED) is 0.832. The summed E-state index contributed by atoms with van der Waals surface area (Å²) < 4.78 is 0. The van der Waals surface area contributed by atoms with E-state index in [0.717, 1.165) is 37.2 Å². The molecule has 26 heavy (non-hydrogen) atoms. The van der Waals surface area contributed by atoms with Gasteiger partial charge in [0.25, 0.3) is 0 Å². The fraction of sp³-hybridized carbons (Fsp3) is 0.476. The van der Waals surface area contributed by atoms with Gasteiger partial charge in [0.2, 0.25) is 5.91 Å². The smallest absolute Gasteiger partial charge is 0.225 e. The van der Waals surface area contributed by atoms with Crippen molar-refractivity contribution >= 4 is 5.91 Å². The molecule has 1 fully saturated rings. The van der Waals surface area contributed by atoms with E-state index in [0.29, 0.717) is 12.5 Å². The summed E-state index contributed by atoms with van der Waals surface area (Å²) in [5, 5.41) is 3.11. The Bertz CT molecular complexity index is 690. The minimum absolute atomic E-state index is 0.0341. The molecule has 1 aliphatic rings. The molecule has 1 unspecified atom stereocenters. The van der Waals surface area contributed by atoms with Crippen LogP contribution in [-0.2, 0) is 11.3 Å². The maximum absolute atomic E-state index is 12.9. The van der Waals surface area contributed by atoms with Crippen LogP contribution in [0.4, 0.5) is 0 Å². The van der Waals surface area contributed by atoms with Crippen LogP contribution in [0.5, 0.6) is 0 Å². The SMILES string of the molecule is CC(C)CCN1CC(C(=O)NCc2ccncc2)[C@@H](c2cccnc2)C1. The van der Waals surface area contributed by atoms with E-state index >= 15 is 0 Å². The predicted molar refractivity (Wildman–Crippen MR) is 102 cm³/mol. The first-order valence-electron chi connectivity index (χ1n) is 9.42. The third-order valence-electron chi connectivity index (χ3n) is 5.08. The van der Waals surface area contributed by atoms with Crippen LogP contribution in [0.25, 0.3) is 0 Å². The van der Waals surface area contributed by atoms with Crippen LogP contribution in [0.2, 0.25) is 0 Å². The number of hydrogen-bond acceptors (Lipinski definition) is 4. The number of amides is 1. The highest BCUT2D eigenvalue weighted by atomic mass is 16.1. The maximum atomic E-state index is 12.9. The number of hydrogen-bond donors (Lipinski definition) is 1. The van der Waals surface area contributed by atoms with Gasteiger partial charge in [-0.1, -0.05) is 19.9 Å². The zero-order chi connectivity index (χ0) is 18.4. The average molecular weight is 352 g/mol. The molecule has 0 aromatic carbocycles. The lowest BCUT2D eigenvalue weighted by molar-refractivity contribution is -0.125. The van der Waals surface area contributed by atoms with Gasteiger partial charge in [0.1, 0.15) is 0 Å². The second kappa shape index (κ2) is 8.90. The van der Waals surface area contributed by atoms with E-state index in [1.54, 1.807) is 18.6 Å². The Morgan fingerprint density at radius 2 is 2.00 bits per heavy atom. The summed E-state index contributed by atoms with van der Waals surface area (Å²) in [5.74, 6) is 0.968. The normalized spacial score (nSPS) is 20.4. The summed E-state index contributed by atoms with van der Waals surface area (Å²) in [6.07, 6.45) is 8.35. The lowest BCUT2D eigenvalue weighted by Gasteiger charge is -2.18. The molecule has 2 aromatic rings. The molecule has 1 aliphatic heterocycles. The number of aromatic nitrogens is 2. The highest BCUT2D eigenvalue weighted by Gasteiger charge is 2.38. The summed E-state index contributed by atoms with van der Waals surface area (Å²) in [6, 6.07) is 7.91. The zero-order valence-electron chi connectivity index (χ0n) is 15.6. The third-order valence-corrected chi connectivity index (χ3v) is 5.08. The molecule has 0 aliphatic carbocycles. The number of carbonyl (C=O) groups excluding carboxylic acids is 1. The molecule has 1 amide bonds. The number of likely N-dealkylation sites (tertiary alicyclic amines) is 1. The van der Waals surface area contributed by atoms with E-state index in [9.17, 15) is 4.79 Å². The standard InChI is InChI=1S/C21H28N4O/c1-16(2)7-11-25-14-19(18-4-3-8-23-13-18)20(15-25)21(26)24-12-17-5-9-22-10-6-17/h3-6,8-10,13,16,19-20H,7,11-12,14-15H2,1-2H3,(H,24,26)/t19-,20?/m1/s1. The highest BCUT2D eigenvalue weighted by molar-refractivity contribution is 5.80. The topological polar surface area (TPSA) is 58.1 Å². The fourth-order valence-electron chi connectivity index (χ4n) is 3.53. The maximum Gasteiger partial charge on any atom is 0.225 e. The Labute approximate surface area is 155 Å². The second-order valence-electron chi connectivity index (χ2n) is 7.51. The van der Waals surface area contributed by atoms with Crippen molar-refractivity contribution in [2.75, 3.05) is 19.6 Å². The monoisotopic (exact) mass is 352 g/mol. The first-order valence-corrected chi connectivity index (χ1v) is 9.42. The molecule has 2 atom stereocenters. The van der Waals surface area contributed by atoms with Gasteiger partial charge in [-0.15, -0.1) is 0 Å². The molecule has 0 bridgehead atoms. The van der Waals surface area contributed by atoms with Crippen LogP contribution in [0.1, 0.15) is 37.3 Å². The molecule has 0 saturated carbocycles. The minimum Gasteiger partial charge on any atom is -0.352 e. The first kappa shape index (κ1) is 18.5. The summed E-state index contributed by atoms with van der Waals surface area (Å²) in [6.45, 7) is 7.81. The van der Waals surface area contributed by atoms with Crippen molar-refractivity contribution in [1.29, 1.82) is 0 Å². The van der Waals surface area contributed by atoms with E-state index in [-0.39, 0.29) is 17.7 Å². The van der Waals surface area contributed by atoms with Gasteiger partial charge >= 0.3 is 0 Å². The van der Waals surface area contributed by atoms with E-state index in [2.05, 4.69) is 40.1 Å². The Kier molecular flexibility index (Phi) is 6.34. The van der Waals surface area contributed by atoms with Crippen molar-refractivity contribution < 1.29 is 4.79 Å². The van der Waals surface area contributed by atoms with Crippen molar-refractivity contribution in [1.82, 2.24) is 20.2 Å². The van der Waals surface area contributed by atoms with E-state index in [1.165, 1.54) is 0 Å². The van der Waals surface area contributed by atoms with Crippen LogP contribution in [0.15, 0.2) is 49.1 Å². The van der Waals surface area contributed by atoms with Gasteiger partial charge in [0, 0.05) is 50.3 Å². The molecule has 1 N–H and O–H groups in total. The summed E-state index contributed by atoms with van der Waals surface area (Å²) >= 11 is 0. The molecule has 3 heterocycles. The van der Waals surface area contributed by atoms with Gasteiger partial charge in [0.15, 0.2) is 0 Å².